The predicted octanol–water partition coefficient (Wildman–Crippen LogP) is 0.380. The Labute approximate surface area is 78.3 Å². The highest BCUT2D eigenvalue weighted by atomic mass is 35.5. The third kappa shape index (κ3) is 7.53. The second kappa shape index (κ2) is 7.09. The minimum absolute atomic E-state index is 0.275. The molecule has 2 N–H and O–H groups in total. The number of nitrogens with zero attached hydrogens (tertiary/aromatic N) is 2. The molecule has 0 saturated carbocycles. The molecule has 0 heterocycles. The van der Waals surface area contributed by atoms with Crippen molar-refractivity contribution in [3.05, 3.63) is 11.7 Å². The monoisotopic (exact) mass is 190 g/mol. The Morgan fingerprint density at radius 2 is 2.33 bits per heavy atom. The van der Waals surface area contributed by atoms with E-state index in [1.165, 1.54) is 0 Å². The number of hydrogen-bond donors (Lipinski definition) is 2. The highest BCUT2D eigenvalue weighted by molar-refractivity contribution is 6.29. The third-order valence-corrected chi connectivity index (χ3v) is 1.20. The summed E-state index contributed by atoms with van der Waals surface area (Å²) in [5.41, 5.74) is 3.06. The van der Waals surface area contributed by atoms with Crippen LogP contribution in [0.3, 0.4) is 0 Å². The molecule has 0 aromatic heterocycles. The Morgan fingerprint density at radius 1 is 1.67 bits per heavy atom. The fourth-order valence-electron chi connectivity index (χ4n) is 0.547. The van der Waals surface area contributed by atoms with Gasteiger partial charge in [-0.25, -0.2) is 10.4 Å². The van der Waals surface area contributed by atoms with Crippen LogP contribution in [-0.2, 0) is 0 Å². The van der Waals surface area contributed by atoms with Crippen LogP contribution < -0.4 is 10.7 Å². The van der Waals surface area contributed by atoms with Crippen molar-refractivity contribution in [2.75, 3.05) is 27.2 Å². The Balaban J connectivity index is 3.45. The summed E-state index contributed by atoms with van der Waals surface area (Å²) in [4.78, 5) is 3.79. The van der Waals surface area contributed by atoms with Crippen LogP contribution in [0.4, 0.5) is 0 Å². The average Bonchev–Trinajstić information content (AvgIpc) is 2.01. The fourth-order valence-corrected chi connectivity index (χ4v) is 0.591. The summed E-state index contributed by atoms with van der Waals surface area (Å²) in [6.07, 6.45) is 1.57. The molecule has 0 saturated heterocycles. The zero-order chi connectivity index (χ0) is 9.40. The molecule has 0 rings (SSSR count). The molecular weight excluding hydrogens is 176 g/mol. The molecule has 0 fully saturated rings. The van der Waals surface area contributed by atoms with Crippen molar-refractivity contribution in [3.63, 3.8) is 0 Å². The zero-order valence-electron chi connectivity index (χ0n) is 7.47. The van der Waals surface area contributed by atoms with Crippen molar-refractivity contribution in [1.29, 1.82) is 0 Å². The van der Waals surface area contributed by atoms with Gasteiger partial charge in [-0.3, -0.25) is 0 Å². The molecule has 0 aliphatic carbocycles. The van der Waals surface area contributed by atoms with E-state index in [9.17, 15) is 0 Å². The molecule has 0 aliphatic rings. The molecule has 12 heavy (non-hydrogen) atoms. The van der Waals surface area contributed by atoms with E-state index >= 15 is 0 Å². The number of nitrogens with one attached hydrogen (secondary N) is 2. The van der Waals surface area contributed by atoms with E-state index in [0.717, 1.165) is 13.1 Å². The standard InChI is InChI=1S/C7H15ClN4/c1-7(8)10-6-12(3)11-5-4-9-2/h6,9,11H,1,4-5H2,2-3H3/b10-6-. The summed E-state index contributed by atoms with van der Waals surface area (Å²) in [7, 11) is 3.75. The largest absolute Gasteiger partial charge is 0.318 e. The average molecular weight is 191 g/mol. The minimum Gasteiger partial charge on any atom is -0.318 e. The zero-order valence-corrected chi connectivity index (χ0v) is 8.23. The summed E-state index contributed by atoms with van der Waals surface area (Å²) < 4.78 is 0. The first-order chi connectivity index (χ1) is 5.66. The fraction of sp³-hybridized carbons (Fsp3) is 0.571. The second-order valence-electron chi connectivity index (χ2n) is 2.24. The van der Waals surface area contributed by atoms with Crippen LogP contribution in [0, 0.1) is 0 Å². The lowest BCUT2D eigenvalue weighted by atomic mass is 10.6. The van der Waals surface area contributed by atoms with Gasteiger partial charge in [-0.1, -0.05) is 18.2 Å². The molecule has 0 aromatic rings. The van der Waals surface area contributed by atoms with Gasteiger partial charge >= 0.3 is 0 Å². The van der Waals surface area contributed by atoms with Crippen molar-refractivity contribution < 1.29 is 0 Å². The molecular formula is C7H15ClN4. The molecule has 0 radical (unpaired) electrons. The van der Waals surface area contributed by atoms with Gasteiger partial charge in [0.1, 0.15) is 11.5 Å². The molecule has 4 nitrogen and oxygen atoms in total. The number of likely N-dealkylation sites (N-methyl/N-ethyl adjacent to an activating group) is 1. The SMILES string of the molecule is C=C(Cl)/N=C\N(C)NCCNC. The van der Waals surface area contributed by atoms with Crippen molar-refractivity contribution in [3.8, 4) is 0 Å². The summed E-state index contributed by atoms with van der Waals surface area (Å²) in [5.74, 6) is 0. The number of aliphatic imine (C=N–C) groups is 1. The van der Waals surface area contributed by atoms with Crippen LogP contribution >= 0.6 is 11.6 Å². The normalized spacial score (nSPS) is 10.6. The van der Waals surface area contributed by atoms with Crippen LogP contribution in [0.1, 0.15) is 0 Å². The first kappa shape index (κ1) is 11.4. The maximum absolute atomic E-state index is 5.42. The highest BCUT2D eigenvalue weighted by Gasteiger charge is 1.88. The van der Waals surface area contributed by atoms with Crippen molar-refractivity contribution in [1.82, 2.24) is 15.8 Å². The molecule has 0 amide bonds. The summed E-state index contributed by atoms with van der Waals surface area (Å²) in [6, 6.07) is 0. The lowest BCUT2D eigenvalue weighted by Gasteiger charge is -2.13. The van der Waals surface area contributed by atoms with Crippen LogP contribution in [-0.4, -0.2) is 38.5 Å². The third-order valence-electron chi connectivity index (χ3n) is 1.11. The van der Waals surface area contributed by atoms with E-state index in [1.54, 1.807) is 11.3 Å². The van der Waals surface area contributed by atoms with Gasteiger partial charge < -0.3 is 10.3 Å². The van der Waals surface area contributed by atoms with E-state index in [4.69, 9.17) is 11.6 Å². The molecule has 0 bridgehead atoms. The molecule has 0 atom stereocenters. The smallest absolute Gasteiger partial charge is 0.123 e. The number of hydrazine groups is 1. The van der Waals surface area contributed by atoms with Crippen molar-refractivity contribution >= 4 is 17.9 Å². The molecule has 0 unspecified atom stereocenters. The lowest BCUT2D eigenvalue weighted by Crippen LogP contribution is -2.37. The summed E-state index contributed by atoms with van der Waals surface area (Å²) in [5, 5.41) is 5.01. The van der Waals surface area contributed by atoms with E-state index in [-0.39, 0.29) is 5.16 Å². The number of hydrogen-bond acceptors (Lipinski definition) is 3. The van der Waals surface area contributed by atoms with Crippen LogP contribution in [0.2, 0.25) is 0 Å². The molecule has 0 aliphatic heterocycles. The summed E-state index contributed by atoms with van der Waals surface area (Å²) >= 11 is 5.42. The maximum Gasteiger partial charge on any atom is 0.123 e. The number of halogens is 1. The predicted molar refractivity (Wildman–Crippen MR) is 53.2 cm³/mol. The molecule has 0 spiro atoms. The molecule has 0 aromatic carbocycles. The van der Waals surface area contributed by atoms with Gasteiger partial charge in [-0.15, -0.1) is 0 Å². The van der Waals surface area contributed by atoms with Gasteiger partial charge in [0.2, 0.25) is 0 Å². The van der Waals surface area contributed by atoms with E-state index in [0.29, 0.717) is 0 Å². The van der Waals surface area contributed by atoms with Crippen molar-refractivity contribution in [2.24, 2.45) is 4.99 Å². The van der Waals surface area contributed by atoms with Gasteiger partial charge in [0.25, 0.3) is 0 Å². The quantitative estimate of drug-likeness (QED) is 0.209. The van der Waals surface area contributed by atoms with Gasteiger partial charge in [-0.05, 0) is 7.05 Å². The lowest BCUT2D eigenvalue weighted by molar-refractivity contribution is 0.377. The number of rotatable bonds is 6. The van der Waals surface area contributed by atoms with E-state index in [1.807, 2.05) is 14.1 Å². The van der Waals surface area contributed by atoms with Crippen molar-refractivity contribution in [2.45, 2.75) is 0 Å². The highest BCUT2D eigenvalue weighted by Crippen LogP contribution is 1.94. The Hall–Kier alpha value is -0.580. The van der Waals surface area contributed by atoms with E-state index in [2.05, 4.69) is 22.3 Å². The Kier molecular flexibility index (Phi) is 6.75. The minimum atomic E-state index is 0.275. The maximum atomic E-state index is 5.42. The molecule has 70 valence electrons. The first-order valence-corrected chi connectivity index (χ1v) is 4.04. The van der Waals surface area contributed by atoms with Gasteiger partial charge in [0.15, 0.2) is 0 Å². The van der Waals surface area contributed by atoms with Gasteiger partial charge in [0, 0.05) is 20.1 Å². The molecule has 5 heteroatoms. The topological polar surface area (TPSA) is 39.7 Å². The van der Waals surface area contributed by atoms with Crippen LogP contribution in [0.25, 0.3) is 0 Å². The Morgan fingerprint density at radius 3 is 2.83 bits per heavy atom. The first-order valence-electron chi connectivity index (χ1n) is 3.66. The summed E-state index contributed by atoms with van der Waals surface area (Å²) in [6.45, 7) is 5.17. The van der Waals surface area contributed by atoms with Gasteiger partial charge in [0.05, 0.1) is 0 Å². The second-order valence-corrected chi connectivity index (χ2v) is 2.68. The Bertz CT molecular complexity index is 157. The van der Waals surface area contributed by atoms with Crippen LogP contribution in [0.15, 0.2) is 16.7 Å². The van der Waals surface area contributed by atoms with E-state index < -0.39 is 0 Å². The van der Waals surface area contributed by atoms with Crippen LogP contribution in [0.5, 0.6) is 0 Å². The van der Waals surface area contributed by atoms with Gasteiger partial charge in [-0.2, -0.15) is 0 Å².